The Balaban J connectivity index is 2.24. The Kier molecular flexibility index (Phi) is 4.89. The first kappa shape index (κ1) is 15.9. The first-order chi connectivity index (χ1) is 9.36. The topological polar surface area (TPSA) is 63.4 Å². The number of sulfonamides is 1. The summed E-state index contributed by atoms with van der Waals surface area (Å²) in [4.78, 5) is 0.953. The minimum atomic E-state index is -3.38. The Labute approximate surface area is 126 Å². The standard InChI is InChI=1S/C14H24N2O2S2/c1-10-5-4-6-12(7-10)16(3)20(17,18)14-8-11(2)13(9-15)19-14/h8,10,12H,4-7,9,15H2,1-3H3. The van der Waals surface area contributed by atoms with Crippen molar-refractivity contribution in [3.05, 3.63) is 16.5 Å². The van der Waals surface area contributed by atoms with Crippen LogP contribution in [-0.2, 0) is 16.6 Å². The van der Waals surface area contributed by atoms with Gasteiger partial charge < -0.3 is 5.73 Å². The number of hydrogen-bond donors (Lipinski definition) is 1. The van der Waals surface area contributed by atoms with Gasteiger partial charge in [-0.3, -0.25) is 0 Å². The highest BCUT2D eigenvalue weighted by Gasteiger charge is 2.32. The minimum absolute atomic E-state index is 0.132. The molecular formula is C14H24N2O2S2. The quantitative estimate of drug-likeness (QED) is 0.929. The first-order valence-electron chi connectivity index (χ1n) is 7.13. The molecule has 0 radical (unpaired) electrons. The molecule has 114 valence electrons. The van der Waals surface area contributed by atoms with Crippen LogP contribution in [0.4, 0.5) is 0 Å². The lowest BCUT2D eigenvalue weighted by atomic mass is 9.87. The summed E-state index contributed by atoms with van der Waals surface area (Å²) in [5.74, 6) is 0.607. The highest BCUT2D eigenvalue weighted by atomic mass is 32.2. The zero-order valence-corrected chi connectivity index (χ0v) is 14.1. The van der Waals surface area contributed by atoms with Gasteiger partial charge in [0.05, 0.1) is 0 Å². The molecule has 0 saturated heterocycles. The Bertz CT molecular complexity index is 566. The predicted molar refractivity (Wildman–Crippen MR) is 83.3 cm³/mol. The average molecular weight is 316 g/mol. The fourth-order valence-electron chi connectivity index (χ4n) is 2.89. The second-order valence-electron chi connectivity index (χ2n) is 5.82. The van der Waals surface area contributed by atoms with Gasteiger partial charge in [0.15, 0.2) is 0 Å². The molecule has 20 heavy (non-hydrogen) atoms. The summed E-state index contributed by atoms with van der Waals surface area (Å²) in [5.41, 5.74) is 6.62. The Hall–Kier alpha value is -0.430. The van der Waals surface area contributed by atoms with Gasteiger partial charge in [-0.05, 0) is 37.3 Å². The van der Waals surface area contributed by atoms with E-state index >= 15 is 0 Å². The summed E-state index contributed by atoms with van der Waals surface area (Å²) in [5, 5.41) is 0. The van der Waals surface area contributed by atoms with Crippen molar-refractivity contribution in [2.75, 3.05) is 7.05 Å². The van der Waals surface area contributed by atoms with E-state index in [-0.39, 0.29) is 6.04 Å². The van der Waals surface area contributed by atoms with Crippen LogP contribution in [0.25, 0.3) is 0 Å². The molecule has 1 aromatic heterocycles. The van der Waals surface area contributed by atoms with Crippen LogP contribution in [0.2, 0.25) is 0 Å². The van der Waals surface area contributed by atoms with Crippen molar-refractivity contribution >= 4 is 21.4 Å². The van der Waals surface area contributed by atoms with Gasteiger partial charge in [0.2, 0.25) is 0 Å². The zero-order valence-electron chi connectivity index (χ0n) is 12.4. The lowest BCUT2D eigenvalue weighted by Crippen LogP contribution is -2.39. The van der Waals surface area contributed by atoms with Crippen LogP contribution in [0.1, 0.15) is 43.0 Å². The van der Waals surface area contributed by atoms with Crippen LogP contribution >= 0.6 is 11.3 Å². The predicted octanol–water partition coefficient (Wildman–Crippen LogP) is 2.71. The van der Waals surface area contributed by atoms with Crippen molar-refractivity contribution in [2.45, 2.75) is 56.3 Å². The lowest BCUT2D eigenvalue weighted by Gasteiger charge is -2.33. The van der Waals surface area contributed by atoms with Crippen LogP contribution < -0.4 is 5.73 Å². The van der Waals surface area contributed by atoms with Gasteiger partial charge in [0.1, 0.15) is 4.21 Å². The third-order valence-electron chi connectivity index (χ3n) is 4.24. The average Bonchev–Trinajstić information content (AvgIpc) is 2.79. The molecule has 1 heterocycles. The molecule has 2 unspecified atom stereocenters. The van der Waals surface area contributed by atoms with E-state index in [0.717, 1.165) is 29.7 Å². The highest BCUT2D eigenvalue weighted by Crippen LogP contribution is 2.33. The second-order valence-corrected chi connectivity index (χ2v) is 9.18. The van der Waals surface area contributed by atoms with Crippen LogP contribution in [0.3, 0.4) is 0 Å². The van der Waals surface area contributed by atoms with Crippen LogP contribution in [0, 0.1) is 12.8 Å². The van der Waals surface area contributed by atoms with E-state index in [9.17, 15) is 8.42 Å². The maximum absolute atomic E-state index is 12.7. The monoisotopic (exact) mass is 316 g/mol. The molecule has 2 atom stereocenters. The van der Waals surface area contributed by atoms with E-state index in [0.29, 0.717) is 16.7 Å². The van der Waals surface area contributed by atoms with Crippen molar-refractivity contribution in [2.24, 2.45) is 11.7 Å². The maximum Gasteiger partial charge on any atom is 0.252 e. The first-order valence-corrected chi connectivity index (χ1v) is 9.39. The van der Waals surface area contributed by atoms with Crippen molar-refractivity contribution in [1.82, 2.24) is 4.31 Å². The molecule has 1 fully saturated rings. The number of nitrogens with two attached hydrogens (primary N) is 1. The fourth-order valence-corrected chi connectivity index (χ4v) is 5.94. The number of rotatable bonds is 4. The van der Waals surface area contributed by atoms with Crippen LogP contribution in [-0.4, -0.2) is 25.8 Å². The number of nitrogens with zero attached hydrogens (tertiary/aromatic N) is 1. The van der Waals surface area contributed by atoms with Crippen molar-refractivity contribution in [3.63, 3.8) is 0 Å². The summed E-state index contributed by atoms with van der Waals surface area (Å²) < 4.78 is 27.4. The Morgan fingerprint density at radius 2 is 2.15 bits per heavy atom. The molecule has 1 aliphatic rings. The van der Waals surface area contributed by atoms with Gasteiger partial charge >= 0.3 is 0 Å². The number of thiophene rings is 1. The lowest BCUT2D eigenvalue weighted by molar-refractivity contribution is 0.239. The van der Waals surface area contributed by atoms with Gasteiger partial charge in [-0.25, -0.2) is 8.42 Å². The molecule has 1 aliphatic carbocycles. The second kappa shape index (κ2) is 6.13. The molecule has 2 rings (SSSR count). The van der Waals surface area contributed by atoms with Gasteiger partial charge in [-0.2, -0.15) is 4.31 Å². The molecule has 0 aromatic carbocycles. The summed E-state index contributed by atoms with van der Waals surface area (Å²) in [6.07, 6.45) is 4.25. The summed E-state index contributed by atoms with van der Waals surface area (Å²) in [6.45, 7) is 4.52. The van der Waals surface area contributed by atoms with Gasteiger partial charge in [0, 0.05) is 24.5 Å². The van der Waals surface area contributed by atoms with E-state index in [1.807, 2.05) is 6.92 Å². The summed E-state index contributed by atoms with van der Waals surface area (Å²) in [6, 6.07) is 1.89. The van der Waals surface area contributed by atoms with Crippen molar-refractivity contribution in [1.29, 1.82) is 0 Å². The van der Waals surface area contributed by atoms with Crippen LogP contribution in [0.5, 0.6) is 0 Å². The van der Waals surface area contributed by atoms with Crippen molar-refractivity contribution in [3.8, 4) is 0 Å². The molecule has 1 aromatic rings. The van der Waals surface area contributed by atoms with E-state index in [1.54, 1.807) is 17.4 Å². The third-order valence-corrected chi connectivity index (χ3v) is 7.86. The Morgan fingerprint density at radius 1 is 1.45 bits per heavy atom. The minimum Gasteiger partial charge on any atom is -0.326 e. The maximum atomic E-state index is 12.7. The molecule has 0 amide bonds. The summed E-state index contributed by atoms with van der Waals surface area (Å²) in [7, 11) is -1.66. The van der Waals surface area contributed by atoms with E-state index in [1.165, 1.54) is 17.8 Å². The molecule has 1 saturated carbocycles. The number of aryl methyl sites for hydroxylation is 1. The zero-order chi connectivity index (χ0) is 14.9. The number of hydrogen-bond acceptors (Lipinski definition) is 4. The third kappa shape index (κ3) is 3.08. The van der Waals surface area contributed by atoms with Gasteiger partial charge in [-0.15, -0.1) is 11.3 Å². The Morgan fingerprint density at radius 3 is 2.70 bits per heavy atom. The van der Waals surface area contributed by atoms with Gasteiger partial charge in [-0.1, -0.05) is 19.8 Å². The normalized spacial score (nSPS) is 24.2. The molecule has 6 heteroatoms. The molecule has 4 nitrogen and oxygen atoms in total. The molecular weight excluding hydrogens is 292 g/mol. The highest BCUT2D eigenvalue weighted by molar-refractivity contribution is 7.91. The summed E-state index contributed by atoms with van der Waals surface area (Å²) >= 11 is 1.30. The van der Waals surface area contributed by atoms with Crippen molar-refractivity contribution < 1.29 is 8.42 Å². The van der Waals surface area contributed by atoms with E-state index in [4.69, 9.17) is 5.73 Å². The molecule has 0 aliphatic heterocycles. The van der Waals surface area contributed by atoms with E-state index < -0.39 is 10.0 Å². The smallest absolute Gasteiger partial charge is 0.252 e. The fraction of sp³-hybridized carbons (Fsp3) is 0.714. The SMILES string of the molecule is Cc1cc(S(=O)(=O)N(C)C2CCCC(C)C2)sc1CN. The van der Waals surface area contributed by atoms with Gasteiger partial charge in [0.25, 0.3) is 10.0 Å². The molecule has 0 spiro atoms. The molecule has 0 bridgehead atoms. The molecule has 2 N–H and O–H groups in total. The largest absolute Gasteiger partial charge is 0.326 e. The van der Waals surface area contributed by atoms with E-state index in [2.05, 4.69) is 6.92 Å². The van der Waals surface area contributed by atoms with Crippen LogP contribution in [0.15, 0.2) is 10.3 Å².